The van der Waals surface area contributed by atoms with Gasteiger partial charge in [-0.25, -0.2) is 0 Å². The number of rotatable bonds is 3. The molecule has 4 nitrogen and oxygen atoms in total. The van der Waals surface area contributed by atoms with E-state index >= 15 is 0 Å². The van der Waals surface area contributed by atoms with E-state index in [0.717, 1.165) is 25.9 Å². The van der Waals surface area contributed by atoms with Gasteiger partial charge in [0.2, 0.25) is 0 Å². The molecule has 1 aliphatic heterocycles. The Balaban J connectivity index is 2.45. The molecular weight excluding hydrogens is 180 g/mol. The molecule has 1 amide bonds. The first kappa shape index (κ1) is 11.5. The van der Waals surface area contributed by atoms with Gasteiger partial charge in [-0.1, -0.05) is 0 Å². The smallest absolute Gasteiger partial charge is 0.251 e. The summed E-state index contributed by atoms with van der Waals surface area (Å²) in [5.41, 5.74) is 0. The van der Waals surface area contributed by atoms with E-state index in [-0.39, 0.29) is 12.0 Å². The molecule has 0 aromatic carbocycles. The summed E-state index contributed by atoms with van der Waals surface area (Å²) in [4.78, 5) is 13.6. The van der Waals surface area contributed by atoms with Crippen molar-refractivity contribution in [2.75, 3.05) is 27.2 Å². The summed E-state index contributed by atoms with van der Waals surface area (Å²) in [6.07, 6.45) is 1.76. The number of amides is 1. The third-order valence-corrected chi connectivity index (χ3v) is 2.91. The lowest BCUT2D eigenvalue weighted by molar-refractivity contribution is -0.142. The summed E-state index contributed by atoms with van der Waals surface area (Å²) in [6, 6.07) is 0.376. The highest BCUT2D eigenvalue weighted by Gasteiger charge is 2.24. The number of nitrogens with one attached hydrogen (secondary N) is 1. The number of carbonyl (C=O) groups is 1. The Morgan fingerprint density at radius 3 is 2.57 bits per heavy atom. The van der Waals surface area contributed by atoms with Crippen molar-refractivity contribution in [2.45, 2.75) is 31.9 Å². The second-order valence-corrected chi connectivity index (χ2v) is 3.81. The Morgan fingerprint density at radius 2 is 2.07 bits per heavy atom. The van der Waals surface area contributed by atoms with Gasteiger partial charge in [-0.3, -0.25) is 4.79 Å². The average molecular weight is 200 g/mol. The van der Waals surface area contributed by atoms with Gasteiger partial charge < -0.3 is 15.0 Å². The van der Waals surface area contributed by atoms with Crippen LogP contribution in [0.2, 0.25) is 0 Å². The lowest BCUT2D eigenvalue weighted by atomic mass is 10.0. The second-order valence-electron chi connectivity index (χ2n) is 3.81. The molecule has 0 aliphatic carbocycles. The highest BCUT2D eigenvalue weighted by Crippen LogP contribution is 2.11. The number of ether oxygens (including phenoxy) is 1. The zero-order valence-corrected chi connectivity index (χ0v) is 9.25. The van der Waals surface area contributed by atoms with Crippen LogP contribution in [0.1, 0.15) is 19.8 Å². The lowest BCUT2D eigenvalue weighted by Crippen LogP contribution is -2.47. The predicted octanol–water partition coefficient (Wildman–Crippen LogP) is 0.232. The van der Waals surface area contributed by atoms with Crippen LogP contribution in [0.15, 0.2) is 0 Å². The van der Waals surface area contributed by atoms with Crippen LogP contribution >= 0.6 is 0 Å². The highest BCUT2D eigenvalue weighted by atomic mass is 16.5. The van der Waals surface area contributed by atoms with Crippen LogP contribution in [0, 0.1) is 0 Å². The largest absolute Gasteiger partial charge is 0.372 e. The zero-order valence-electron chi connectivity index (χ0n) is 9.25. The Morgan fingerprint density at radius 1 is 1.50 bits per heavy atom. The third kappa shape index (κ3) is 2.69. The Kier molecular flexibility index (Phi) is 4.35. The number of methoxy groups -OCH3 is 1. The molecule has 0 saturated carbocycles. The van der Waals surface area contributed by atoms with Crippen LogP contribution in [0.3, 0.4) is 0 Å². The SMILES string of the molecule is COC(C)C(=O)N(C)C1CCNCC1. The minimum Gasteiger partial charge on any atom is -0.372 e. The number of likely N-dealkylation sites (N-methyl/N-ethyl adjacent to an activating group) is 1. The zero-order chi connectivity index (χ0) is 10.6. The maximum absolute atomic E-state index is 11.8. The van der Waals surface area contributed by atoms with E-state index < -0.39 is 0 Å². The molecule has 1 aliphatic rings. The Bertz CT molecular complexity index is 191. The topological polar surface area (TPSA) is 41.6 Å². The van der Waals surface area contributed by atoms with Crippen LogP contribution in [-0.4, -0.2) is 50.2 Å². The van der Waals surface area contributed by atoms with E-state index in [1.807, 2.05) is 11.9 Å². The first-order valence-electron chi connectivity index (χ1n) is 5.17. The molecule has 1 fully saturated rings. The van der Waals surface area contributed by atoms with Crippen molar-refractivity contribution in [2.24, 2.45) is 0 Å². The summed E-state index contributed by atoms with van der Waals surface area (Å²) < 4.78 is 5.02. The van der Waals surface area contributed by atoms with E-state index in [0.29, 0.717) is 6.04 Å². The van der Waals surface area contributed by atoms with Gasteiger partial charge in [0.05, 0.1) is 0 Å². The van der Waals surface area contributed by atoms with Crippen molar-refractivity contribution >= 4 is 5.91 Å². The fraction of sp³-hybridized carbons (Fsp3) is 0.900. The normalized spacial score (nSPS) is 20.5. The van der Waals surface area contributed by atoms with E-state index in [9.17, 15) is 4.79 Å². The molecule has 0 aromatic rings. The van der Waals surface area contributed by atoms with E-state index in [1.165, 1.54) is 0 Å². The quantitative estimate of drug-likeness (QED) is 0.709. The molecule has 1 atom stereocenters. The van der Waals surface area contributed by atoms with Gasteiger partial charge in [-0.15, -0.1) is 0 Å². The number of hydrogen-bond donors (Lipinski definition) is 1. The van der Waals surface area contributed by atoms with Crippen molar-refractivity contribution in [3.63, 3.8) is 0 Å². The van der Waals surface area contributed by atoms with Crippen LogP contribution in [-0.2, 0) is 9.53 Å². The Hall–Kier alpha value is -0.610. The monoisotopic (exact) mass is 200 g/mol. The van der Waals surface area contributed by atoms with Gasteiger partial charge in [0, 0.05) is 20.2 Å². The minimum absolute atomic E-state index is 0.0828. The summed E-state index contributed by atoms with van der Waals surface area (Å²) in [5, 5.41) is 3.28. The highest BCUT2D eigenvalue weighted by molar-refractivity contribution is 5.80. The fourth-order valence-electron chi connectivity index (χ4n) is 1.76. The van der Waals surface area contributed by atoms with E-state index in [1.54, 1.807) is 14.0 Å². The van der Waals surface area contributed by atoms with Gasteiger partial charge in [0.15, 0.2) is 0 Å². The predicted molar refractivity (Wildman–Crippen MR) is 55.1 cm³/mol. The molecule has 82 valence electrons. The van der Waals surface area contributed by atoms with Crippen LogP contribution in [0.4, 0.5) is 0 Å². The van der Waals surface area contributed by atoms with Gasteiger partial charge in [-0.2, -0.15) is 0 Å². The fourth-order valence-corrected chi connectivity index (χ4v) is 1.76. The van der Waals surface area contributed by atoms with Gasteiger partial charge in [0.1, 0.15) is 6.10 Å². The van der Waals surface area contributed by atoms with Crippen LogP contribution in [0.5, 0.6) is 0 Å². The third-order valence-electron chi connectivity index (χ3n) is 2.91. The standard InChI is InChI=1S/C10H20N2O2/c1-8(14-3)10(13)12(2)9-4-6-11-7-5-9/h8-9,11H,4-7H2,1-3H3. The Labute approximate surface area is 85.6 Å². The molecule has 1 heterocycles. The van der Waals surface area contributed by atoms with Crippen molar-refractivity contribution < 1.29 is 9.53 Å². The van der Waals surface area contributed by atoms with Gasteiger partial charge in [-0.05, 0) is 32.9 Å². The molecule has 0 spiro atoms. The molecular formula is C10H20N2O2. The van der Waals surface area contributed by atoms with Crippen LogP contribution < -0.4 is 5.32 Å². The van der Waals surface area contributed by atoms with Crippen molar-refractivity contribution in [3.8, 4) is 0 Å². The molecule has 0 bridgehead atoms. The van der Waals surface area contributed by atoms with Crippen LogP contribution in [0.25, 0.3) is 0 Å². The van der Waals surface area contributed by atoms with E-state index in [2.05, 4.69) is 5.32 Å². The summed E-state index contributed by atoms with van der Waals surface area (Å²) in [5.74, 6) is 0.0828. The second kappa shape index (κ2) is 5.32. The maximum Gasteiger partial charge on any atom is 0.251 e. The molecule has 0 aromatic heterocycles. The van der Waals surface area contributed by atoms with E-state index in [4.69, 9.17) is 4.74 Å². The molecule has 1 saturated heterocycles. The molecule has 4 heteroatoms. The molecule has 1 N–H and O–H groups in total. The van der Waals surface area contributed by atoms with Gasteiger partial charge in [0.25, 0.3) is 5.91 Å². The molecule has 0 radical (unpaired) electrons. The first-order chi connectivity index (χ1) is 6.66. The molecule has 14 heavy (non-hydrogen) atoms. The van der Waals surface area contributed by atoms with Crippen molar-refractivity contribution in [3.05, 3.63) is 0 Å². The number of carbonyl (C=O) groups excluding carboxylic acids is 1. The number of nitrogens with zero attached hydrogens (tertiary/aromatic N) is 1. The lowest BCUT2D eigenvalue weighted by Gasteiger charge is -2.32. The van der Waals surface area contributed by atoms with Crippen molar-refractivity contribution in [1.82, 2.24) is 10.2 Å². The number of hydrogen-bond acceptors (Lipinski definition) is 3. The minimum atomic E-state index is -0.324. The molecule has 1 unspecified atom stereocenters. The summed E-state index contributed by atoms with van der Waals surface area (Å²) in [6.45, 7) is 3.80. The first-order valence-corrected chi connectivity index (χ1v) is 5.17. The maximum atomic E-state index is 11.8. The van der Waals surface area contributed by atoms with Gasteiger partial charge >= 0.3 is 0 Å². The summed E-state index contributed by atoms with van der Waals surface area (Å²) >= 11 is 0. The van der Waals surface area contributed by atoms with Crippen molar-refractivity contribution in [1.29, 1.82) is 0 Å². The number of piperidine rings is 1. The summed E-state index contributed by atoms with van der Waals surface area (Å²) in [7, 11) is 3.44. The average Bonchev–Trinajstić information content (AvgIpc) is 2.27. The molecule has 1 rings (SSSR count).